The SMILES string of the molecule is Cn1ccnc1C(N)c1ccc([N+](=O)[O-])o1. The van der Waals surface area contributed by atoms with Crippen molar-refractivity contribution in [2.24, 2.45) is 12.8 Å². The molecule has 2 heterocycles. The highest BCUT2D eigenvalue weighted by Crippen LogP contribution is 2.23. The molecule has 0 spiro atoms. The fourth-order valence-electron chi connectivity index (χ4n) is 1.41. The van der Waals surface area contributed by atoms with Gasteiger partial charge < -0.3 is 14.7 Å². The quantitative estimate of drug-likeness (QED) is 0.616. The summed E-state index contributed by atoms with van der Waals surface area (Å²) in [6.07, 6.45) is 3.35. The highest BCUT2D eigenvalue weighted by molar-refractivity contribution is 5.23. The normalized spacial score (nSPS) is 12.6. The van der Waals surface area contributed by atoms with E-state index in [-0.39, 0.29) is 5.88 Å². The second-order valence-corrected chi connectivity index (χ2v) is 3.31. The first-order valence-electron chi connectivity index (χ1n) is 4.56. The van der Waals surface area contributed by atoms with Gasteiger partial charge in [0, 0.05) is 19.4 Å². The number of nitro groups is 1. The molecule has 0 aliphatic carbocycles. The lowest BCUT2D eigenvalue weighted by Gasteiger charge is -2.07. The van der Waals surface area contributed by atoms with E-state index in [1.54, 1.807) is 24.0 Å². The van der Waals surface area contributed by atoms with Crippen LogP contribution in [0.4, 0.5) is 5.88 Å². The van der Waals surface area contributed by atoms with Crippen LogP contribution in [0.25, 0.3) is 0 Å². The topological polar surface area (TPSA) is 100 Å². The van der Waals surface area contributed by atoms with Crippen molar-refractivity contribution in [3.05, 3.63) is 46.2 Å². The number of hydrogen-bond acceptors (Lipinski definition) is 5. The van der Waals surface area contributed by atoms with Crippen molar-refractivity contribution in [2.75, 3.05) is 0 Å². The third-order valence-corrected chi connectivity index (χ3v) is 2.24. The zero-order valence-electron chi connectivity index (χ0n) is 8.53. The average molecular weight is 222 g/mol. The summed E-state index contributed by atoms with van der Waals surface area (Å²) < 4.78 is 6.74. The fourth-order valence-corrected chi connectivity index (χ4v) is 1.41. The number of aryl methyl sites for hydroxylation is 1. The van der Waals surface area contributed by atoms with Gasteiger partial charge in [-0.1, -0.05) is 0 Å². The molecule has 2 aromatic heterocycles. The molecule has 0 fully saturated rings. The number of aromatic nitrogens is 2. The summed E-state index contributed by atoms with van der Waals surface area (Å²) in [6, 6.07) is 2.16. The Bertz CT molecular complexity index is 516. The molecule has 0 saturated carbocycles. The van der Waals surface area contributed by atoms with Crippen LogP contribution in [0.15, 0.2) is 28.9 Å². The van der Waals surface area contributed by atoms with Gasteiger partial charge in [-0.05, 0) is 6.07 Å². The minimum absolute atomic E-state index is 0.320. The summed E-state index contributed by atoms with van der Waals surface area (Å²) >= 11 is 0. The van der Waals surface area contributed by atoms with Gasteiger partial charge in [-0.15, -0.1) is 0 Å². The smallest absolute Gasteiger partial charge is 0.404 e. The van der Waals surface area contributed by atoms with Gasteiger partial charge in [-0.3, -0.25) is 10.1 Å². The van der Waals surface area contributed by atoms with Gasteiger partial charge in [-0.2, -0.15) is 0 Å². The van der Waals surface area contributed by atoms with Crippen molar-refractivity contribution >= 4 is 5.88 Å². The van der Waals surface area contributed by atoms with Crippen LogP contribution in [0.3, 0.4) is 0 Å². The minimum Gasteiger partial charge on any atom is -0.404 e. The van der Waals surface area contributed by atoms with Crippen LogP contribution in [0.2, 0.25) is 0 Å². The molecule has 0 radical (unpaired) electrons. The molecule has 0 amide bonds. The molecular formula is C9H10N4O3. The van der Waals surface area contributed by atoms with Crippen LogP contribution >= 0.6 is 0 Å². The number of furan rings is 1. The Balaban J connectivity index is 2.31. The third kappa shape index (κ3) is 1.68. The molecule has 2 N–H and O–H groups in total. The van der Waals surface area contributed by atoms with Crippen LogP contribution in [-0.2, 0) is 7.05 Å². The molecule has 1 unspecified atom stereocenters. The van der Waals surface area contributed by atoms with Gasteiger partial charge in [0.2, 0.25) is 0 Å². The highest BCUT2D eigenvalue weighted by Gasteiger charge is 2.20. The van der Waals surface area contributed by atoms with E-state index in [0.29, 0.717) is 11.6 Å². The van der Waals surface area contributed by atoms with Crippen molar-refractivity contribution in [2.45, 2.75) is 6.04 Å². The van der Waals surface area contributed by atoms with Crippen LogP contribution in [-0.4, -0.2) is 14.5 Å². The highest BCUT2D eigenvalue weighted by atomic mass is 16.6. The molecule has 2 rings (SSSR count). The molecule has 1 atom stereocenters. The van der Waals surface area contributed by atoms with Gasteiger partial charge >= 0.3 is 5.88 Å². The molecule has 0 aliphatic heterocycles. The molecule has 2 aromatic rings. The third-order valence-electron chi connectivity index (χ3n) is 2.24. The van der Waals surface area contributed by atoms with E-state index >= 15 is 0 Å². The first-order valence-corrected chi connectivity index (χ1v) is 4.56. The predicted molar refractivity (Wildman–Crippen MR) is 54.6 cm³/mol. The Morgan fingerprint density at radius 1 is 1.62 bits per heavy atom. The molecule has 84 valence electrons. The van der Waals surface area contributed by atoms with Gasteiger partial charge in [0.1, 0.15) is 22.5 Å². The molecule has 7 heteroatoms. The maximum atomic E-state index is 10.4. The van der Waals surface area contributed by atoms with E-state index < -0.39 is 11.0 Å². The molecule has 0 bridgehead atoms. The maximum Gasteiger partial charge on any atom is 0.433 e. The van der Waals surface area contributed by atoms with Crippen LogP contribution in [0, 0.1) is 10.1 Å². The number of nitrogens with zero attached hydrogens (tertiary/aromatic N) is 3. The standard InChI is InChI=1S/C9H10N4O3/c1-12-5-4-11-9(12)8(10)6-2-3-7(16-6)13(14)15/h2-5,8H,10H2,1H3. The zero-order valence-corrected chi connectivity index (χ0v) is 8.53. The number of rotatable bonds is 3. The predicted octanol–water partition coefficient (Wildman–Crippen LogP) is 0.969. The van der Waals surface area contributed by atoms with Gasteiger partial charge in [-0.25, -0.2) is 4.98 Å². The number of hydrogen-bond donors (Lipinski definition) is 1. The summed E-state index contributed by atoms with van der Waals surface area (Å²) in [5.41, 5.74) is 5.88. The Morgan fingerprint density at radius 2 is 2.38 bits per heavy atom. The second kappa shape index (κ2) is 3.78. The average Bonchev–Trinajstić information content (AvgIpc) is 2.84. The summed E-state index contributed by atoms with van der Waals surface area (Å²) in [6.45, 7) is 0. The molecule has 0 aromatic carbocycles. The van der Waals surface area contributed by atoms with Crippen molar-refractivity contribution in [3.8, 4) is 0 Å². The largest absolute Gasteiger partial charge is 0.433 e. The van der Waals surface area contributed by atoms with Gasteiger partial charge in [0.15, 0.2) is 0 Å². The fraction of sp³-hybridized carbons (Fsp3) is 0.222. The number of nitrogens with two attached hydrogens (primary N) is 1. The Kier molecular flexibility index (Phi) is 2.45. The van der Waals surface area contributed by atoms with E-state index in [4.69, 9.17) is 10.2 Å². The molecular weight excluding hydrogens is 212 g/mol. The maximum absolute atomic E-state index is 10.4. The van der Waals surface area contributed by atoms with Crippen LogP contribution in [0.5, 0.6) is 0 Å². The molecule has 0 aliphatic rings. The van der Waals surface area contributed by atoms with Crippen molar-refractivity contribution in [1.82, 2.24) is 9.55 Å². The summed E-state index contributed by atoms with van der Waals surface area (Å²) in [5, 5.41) is 10.4. The van der Waals surface area contributed by atoms with Gasteiger partial charge in [0.05, 0.1) is 6.07 Å². The molecule has 16 heavy (non-hydrogen) atoms. The zero-order chi connectivity index (χ0) is 11.7. The minimum atomic E-state index is -0.603. The Morgan fingerprint density at radius 3 is 2.88 bits per heavy atom. The summed E-state index contributed by atoms with van der Waals surface area (Å²) in [5.74, 6) is 0.588. The Labute approximate surface area is 90.6 Å². The monoisotopic (exact) mass is 222 g/mol. The summed E-state index contributed by atoms with van der Waals surface area (Å²) in [4.78, 5) is 13.9. The molecule has 0 saturated heterocycles. The molecule has 7 nitrogen and oxygen atoms in total. The van der Waals surface area contributed by atoms with E-state index in [1.165, 1.54) is 12.1 Å². The first-order chi connectivity index (χ1) is 7.59. The van der Waals surface area contributed by atoms with E-state index in [1.807, 2.05) is 0 Å². The lowest BCUT2D eigenvalue weighted by Crippen LogP contribution is -2.15. The van der Waals surface area contributed by atoms with E-state index in [9.17, 15) is 10.1 Å². The first kappa shape index (κ1) is 10.4. The van der Waals surface area contributed by atoms with Crippen molar-refractivity contribution in [3.63, 3.8) is 0 Å². The van der Waals surface area contributed by atoms with Crippen LogP contribution in [0.1, 0.15) is 17.6 Å². The lowest BCUT2D eigenvalue weighted by molar-refractivity contribution is -0.402. The summed E-state index contributed by atoms with van der Waals surface area (Å²) in [7, 11) is 1.79. The van der Waals surface area contributed by atoms with Crippen LogP contribution < -0.4 is 5.73 Å². The van der Waals surface area contributed by atoms with E-state index in [2.05, 4.69) is 4.98 Å². The second-order valence-electron chi connectivity index (χ2n) is 3.31. The van der Waals surface area contributed by atoms with Crippen molar-refractivity contribution < 1.29 is 9.34 Å². The van der Waals surface area contributed by atoms with Crippen molar-refractivity contribution in [1.29, 1.82) is 0 Å². The lowest BCUT2D eigenvalue weighted by atomic mass is 10.2. The van der Waals surface area contributed by atoms with E-state index in [0.717, 1.165) is 0 Å². The number of imidazole rings is 1. The van der Waals surface area contributed by atoms with Gasteiger partial charge in [0.25, 0.3) is 0 Å². The Hall–Kier alpha value is -2.15.